The van der Waals surface area contributed by atoms with E-state index in [1.807, 2.05) is 0 Å². The highest BCUT2D eigenvalue weighted by atomic mass is 14.9. The maximum atomic E-state index is 3.61. The lowest BCUT2D eigenvalue weighted by Gasteiger charge is -2.15. The summed E-state index contributed by atoms with van der Waals surface area (Å²) < 4.78 is 0. The molecule has 0 aromatic carbocycles. The first-order chi connectivity index (χ1) is 5.22. The van der Waals surface area contributed by atoms with Crippen LogP contribution in [-0.4, -0.2) is 12.1 Å². The summed E-state index contributed by atoms with van der Waals surface area (Å²) in [6.07, 6.45) is 5.63. The average Bonchev–Trinajstić information content (AvgIpc) is 2.34. The first-order valence-electron chi connectivity index (χ1n) is 4.98. The standard InChI is InChI=1S/C10H21N/c1-4-9-5-6-10(7-9)11-8(2)3/h8-11H,4-7H2,1-3H3. The molecule has 1 heteroatoms. The normalized spacial score (nSPS) is 31.6. The van der Waals surface area contributed by atoms with Gasteiger partial charge >= 0.3 is 0 Å². The summed E-state index contributed by atoms with van der Waals surface area (Å²) in [6, 6.07) is 1.48. The van der Waals surface area contributed by atoms with E-state index in [9.17, 15) is 0 Å². The molecule has 11 heavy (non-hydrogen) atoms. The minimum atomic E-state index is 0.663. The van der Waals surface area contributed by atoms with Gasteiger partial charge in [0.1, 0.15) is 0 Å². The van der Waals surface area contributed by atoms with Gasteiger partial charge in [0.25, 0.3) is 0 Å². The Morgan fingerprint density at radius 1 is 1.36 bits per heavy atom. The lowest BCUT2D eigenvalue weighted by molar-refractivity contribution is 0.445. The van der Waals surface area contributed by atoms with Crippen molar-refractivity contribution in [1.82, 2.24) is 5.32 Å². The molecule has 0 spiro atoms. The quantitative estimate of drug-likeness (QED) is 0.660. The zero-order valence-corrected chi connectivity index (χ0v) is 8.06. The van der Waals surface area contributed by atoms with Gasteiger partial charge in [-0.1, -0.05) is 27.2 Å². The van der Waals surface area contributed by atoms with E-state index in [0.717, 1.165) is 12.0 Å². The van der Waals surface area contributed by atoms with Crippen LogP contribution >= 0.6 is 0 Å². The predicted octanol–water partition coefficient (Wildman–Crippen LogP) is 2.56. The van der Waals surface area contributed by atoms with Crippen LogP contribution < -0.4 is 5.32 Å². The van der Waals surface area contributed by atoms with Crippen LogP contribution in [0.3, 0.4) is 0 Å². The summed E-state index contributed by atoms with van der Waals surface area (Å²) in [7, 11) is 0. The van der Waals surface area contributed by atoms with E-state index in [-0.39, 0.29) is 0 Å². The van der Waals surface area contributed by atoms with Crippen molar-refractivity contribution in [3.05, 3.63) is 0 Å². The van der Waals surface area contributed by atoms with Crippen molar-refractivity contribution in [3.63, 3.8) is 0 Å². The molecule has 1 fully saturated rings. The van der Waals surface area contributed by atoms with Gasteiger partial charge in [0, 0.05) is 12.1 Å². The molecule has 1 N–H and O–H groups in total. The van der Waals surface area contributed by atoms with Crippen LogP contribution in [-0.2, 0) is 0 Å². The lowest BCUT2D eigenvalue weighted by Crippen LogP contribution is -2.32. The van der Waals surface area contributed by atoms with Crippen LogP contribution in [0.15, 0.2) is 0 Å². The second kappa shape index (κ2) is 4.10. The van der Waals surface area contributed by atoms with E-state index in [0.29, 0.717) is 6.04 Å². The first-order valence-corrected chi connectivity index (χ1v) is 4.98. The van der Waals surface area contributed by atoms with Crippen LogP contribution in [0.2, 0.25) is 0 Å². The van der Waals surface area contributed by atoms with Crippen molar-refractivity contribution in [2.24, 2.45) is 5.92 Å². The Kier molecular flexibility index (Phi) is 3.38. The molecule has 1 rings (SSSR count). The zero-order chi connectivity index (χ0) is 8.27. The number of hydrogen-bond donors (Lipinski definition) is 1. The molecule has 0 aromatic rings. The molecular formula is C10H21N. The Bertz CT molecular complexity index is 109. The Hall–Kier alpha value is -0.0400. The van der Waals surface area contributed by atoms with Gasteiger partial charge < -0.3 is 5.32 Å². The molecule has 1 saturated carbocycles. The first kappa shape index (κ1) is 9.05. The van der Waals surface area contributed by atoms with Gasteiger partial charge in [-0.05, 0) is 25.2 Å². The van der Waals surface area contributed by atoms with Crippen LogP contribution in [0.25, 0.3) is 0 Å². The molecule has 2 unspecified atom stereocenters. The molecule has 2 atom stereocenters. The van der Waals surface area contributed by atoms with Gasteiger partial charge in [-0.2, -0.15) is 0 Å². The average molecular weight is 155 g/mol. The Morgan fingerprint density at radius 2 is 2.09 bits per heavy atom. The van der Waals surface area contributed by atoms with E-state index in [1.54, 1.807) is 0 Å². The fourth-order valence-corrected chi connectivity index (χ4v) is 2.07. The van der Waals surface area contributed by atoms with E-state index >= 15 is 0 Å². The Labute approximate surface area is 70.6 Å². The van der Waals surface area contributed by atoms with Crippen molar-refractivity contribution in [1.29, 1.82) is 0 Å². The minimum Gasteiger partial charge on any atom is -0.312 e. The molecule has 0 bridgehead atoms. The Morgan fingerprint density at radius 3 is 2.55 bits per heavy atom. The summed E-state index contributed by atoms with van der Waals surface area (Å²) in [4.78, 5) is 0. The molecule has 0 saturated heterocycles. The summed E-state index contributed by atoms with van der Waals surface area (Å²) in [6.45, 7) is 6.78. The van der Waals surface area contributed by atoms with Crippen molar-refractivity contribution in [3.8, 4) is 0 Å². The lowest BCUT2D eigenvalue weighted by atomic mass is 10.1. The van der Waals surface area contributed by atoms with Gasteiger partial charge in [-0.15, -0.1) is 0 Å². The second-order valence-corrected chi connectivity index (χ2v) is 4.11. The second-order valence-electron chi connectivity index (χ2n) is 4.11. The van der Waals surface area contributed by atoms with Crippen molar-refractivity contribution in [2.45, 2.75) is 58.5 Å². The van der Waals surface area contributed by atoms with Gasteiger partial charge in [-0.3, -0.25) is 0 Å². The zero-order valence-electron chi connectivity index (χ0n) is 8.06. The molecule has 0 aromatic heterocycles. The van der Waals surface area contributed by atoms with E-state index in [1.165, 1.54) is 25.7 Å². The fourth-order valence-electron chi connectivity index (χ4n) is 2.07. The van der Waals surface area contributed by atoms with Gasteiger partial charge in [0.15, 0.2) is 0 Å². The summed E-state index contributed by atoms with van der Waals surface area (Å²) in [5.41, 5.74) is 0. The van der Waals surface area contributed by atoms with Crippen LogP contribution in [0.4, 0.5) is 0 Å². The largest absolute Gasteiger partial charge is 0.312 e. The predicted molar refractivity (Wildman–Crippen MR) is 49.7 cm³/mol. The highest BCUT2D eigenvalue weighted by Gasteiger charge is 2.22. The number of rotatable bonds is 3. The van der Waals surface area contributed by atoms with Gasteiger partial charge in [0.2, 0.25) is 0 Å². The molecule has 1 aliphatic carbocycles. The smallest absolute Gasteiger partial charge is 0.00721 e. The third kappa shape index (κ3) is 2.82. The third-order valence-electron chi connectivity index (χ3n) is 2.69. The van der Waals surface area contributed by atoms with Crippen molar-refractivity contribution >= 4 is 0 Å². The fraction of sp³-hybridized carbons (Fsp3) is 1.00. The highest BCUT2D eigenvalue weighted by Crippen LogP contribution is 2.27. The maximum absolute atomic E-state index is 3.61. The van der Waals surface area contributed by atoms with Crippen LogP contribution in [0, 0.1) is 5.92 Å². The summed E-state index contributed by atoms with van der Waals surface area (Å²) in [5.74, 6) is 1.01. The number of hydrogen-bond acceptors (Lipinski definition) is 1. The van der Waals surface area contributed by atoms with Crippen molar-refractivity contribution < 1.29 is 0 Å². The maximum Gasteiger partial charge on any atom is 0.00721 e. The molecule has 1 aliphatic rings. The number of nitrogens with one attached hydrogen (secondary N) is 1. The molecule has 66 valence electrons. The topological polar surface area (TPSA) is 12.0 Å². The molecule has 0 radical (unpaired) electrons. The highest BCUT2D eigenvalue weighted by molar-refractivity contribution is 4.80. The van der Waals surface area contributed by atoms with Gasteiger partial charge in [-0.25, -0.2) is 0 Å². The molecule has 0 aliphatic heterocycles. The van der Waals surface area contributed by atoms with Gasteiger partial charge in [0.05, 0.1) is 0 Å². The molecule has 1 nitrogen and oxygen atoms in total. The monoisotopic (exact) mass is 155 g/mol. The van der Waals surface area contributed by atoms with E-state index in [4.69, 9.17) is 0 Å². The van der Waals surface area contributed by atoms with Crippen molar-refractivity contribution in [2.75, 3.05) is 0 Å². The van der Waals surface area contributed by atoms with E-state index < -0.39 is 0 Å². The van der Waals surface area contributed by atoms with Crippen LogP contribution in [0.1, 0.15) is 46.5 Å². The molecular weight excluding hydrogens is 134 g/mol. The summed E-state index contributed by atoms with van der Waals surface area (Å²) in [5, 5.41) is 3.61. The minimum absolute atomic E-state index is 0.663. The molecule has 0 heterocycles. The third-order valence-corrected chi connectivity index (χ3v) is 2.69. The Balaban J connectivity index is 2.19. The SMILES string of the molecule is CCC1CCC(NC(C)C)C1. The molecule has 0 amide bonds. The van der Waals surface area contributed by atoms with E-state index in [2.05, 4.69) is 26.1 Å². The van der Waals surface area contributed by atoms with Crippen LogP contribution in [0.5, 0.6) is 0 Å². The summed E-state index contributed by atoms with van der Waals surface area (Å²) >= 11 is 0.